The highest BCUT2D eigenvalue weighted by Crippen LogP contribution is 2.19. The summed E-state index contributed by atoms with van der Waals surface area (Å²) in [6.45, 7) is 2.12. The molecule has 0 aliphatic heterocycles. The summed E-state index contributed by atoms with van der Waals surface area (Å²) in [7, 11) is 3.26. The molecule has 0 saturated carbocycles. The van der Waals surface area contributed by atoms with Crippen LogP contribution in [0.25, 0.3) is 0 Å². The van der Waals surface area contributed by atoms with Gasteiger partial charge in [0.1, 0.15) is 11.4 Å². The Morgan fingerprint density at radius 3 is 2.80 bits per heavy atom. The molecule has 0 aromatic carbocycles. The summed E-state index contributed by atoms with van der Waals surface area (Å²) >= 11 is 0. The number of methoxy groups -OCH3 is 1. The summed E-state index contributed by atoms with van der Waals surface area (Å²) in [5.74, 6) is 0.0214. The van der Waals surface area contributed by atoms with E-state index in [4.69, 9.17) is 4.74 Å². The number of nitrogens with one attached hydrogen (secondary N) is 1. The monoisotopic (exact) mass is 276 g/mol. The Kier molecular flexibility index (Phi) is 3.88. The molecule has 2 rings (SSSR count). The lowest BCUT2D eigenvalue weighted by Gasteiger charge is -2.08. The number of aromatic carboxylic acids is 1. The van der Waals surface area contributed by atoms with Crippen LogP contribution in [0.5, 0.6) is 5.88 Å². The molecule has 2 aromatic rings. The van der Waals surface area contributed by atoms with Crippen LogP contribution in [0.2, 0.25) is 0 Å². The van der Waals surface area contributed by atoms with Gasteiger partial charge in [0.05, 0.1) is 12.8 Å². The molecule has 0 unspecified atom stereocenters. The quantitative estimate of drug-likeness (QED) is 0.859. The van der Waals surface area contributed by atoms with Gasteiger partial charge in [0, 0.05) is 25.9 Å². The summed E-state index contributed by atoms with van der Waals surface area (Å²) in [6, 6.07) is 3.62. The van der Waals surface area contributed by atoms with Gasteiger partial charge >= 0.3 is 5.97 Å². The minimum absolute atomic E-state index is 0.189. The summed E-state index contributed by atoms with van der Waals surface area (Å²) in [5.41, 5.74) is 1.59. The standard InChI is InChI=1S/C13H16N4O3/c1-8-11(13(18)19)12(17(2)16-8)15-7-9-4-5-10(20-3)14-6-9/h4-6,15H,7H2,1-3H3,(H,18,19). The number of aryl methyl sites for hydroxylation is 2. The lowest BCUT2D eigenvalue weighted by atomic mass is 10.2. The number of pyridine rings is 1. The van der Waals surface area contributed by atoms with E-state index in [2.05, 4.69) is 15.4 Å². The Bertz CT molecular complexity index is 619. The van der Waals surface area contributed by atoms with E-state index in [0.717, 1.165) is 5.56 Å². The predicted octanol–water partition coefficient (Wildman–Crippen LogP) is 1.44. The number of hydrogen-bond acceptors (Lipinski definition) is 5. The molecule has 0 aliphatic carbocycles. The van der Waals surface area contributed by atoms with Crippen molar-refractivity contribution in [2.45, 2.75) is 13.5 Å². The van der Waals surface area contributed by atoms with Gasteiger partial charge in [0.15, 0.2) is 0 Å². The summed E-state index contributed by atoms with van der Waals surface area (Å²) in [6.07, 6.45) is 1.68. The molecule has 0 aliphatic rings. The number of anilines is 1. The molecule has 106 valence electrons. The van der Waals surface area contributed by atoms with Crippen LogP contribution in [0.3, 0.4) is 0 Å². The predicted molar refractivity (Wildman–Crippen MR) is 73.0 cm³/mol. The third-order valence-corrected chi connectivity index (χ3v) is 2.90. The maximum Gasteiger partial charge on any atom is 0.341 e. The van der Waals surface area contributed by atoms with Gasteiger partial charge in [-0.15, -0.1) is 0 Å². The maximum atomic E-state index is 11.2. The fourth-order valence-electron chi connectivity index (χ4n) is 1.94. The van der Waals surface area contributed by atoms with Gasteiger partial charge < -0.3 is 15.2 Å². The first-order chi connectivity index (χ1) is 9.52. The van der Waals surface area contributed by atoms with Crippen LogP contribution in [0.15, 0.2) is 18.3 Å². The molecular weight excluding hydrogens is 260 g/mol. The van der Waals surface area contributed by atoms with Crippen LogP contribution in [0.4, 0.5) is 5.82 Å². The van der Waals surface area contributed by atoms with Crippen molar-refractivity contribution in [2.75, 3.05) is 12.4 Å². The number of rotatable bonds is 5. The van der Waals surface area contributed by atoms with E-state index in [-0.39, 0.29) is 5.56 Å². The number of ether oxygens (including phenoxy) is 1. The van der Waals surface area contributed by atoms with Gasteiger partial charge in [-0.3, -0.25) is 4.68 Å². The molecule has 0 spiro atoms. The van der Waals surface area contributed by atoms with E-state index in [0.29, 0.717) is 23.9 Å². The van der Waals surface area contributed by atoms with Crippen LogP contribution in [0.1, 0.15) is 21.6 Å². The molecule has 0 bridgehead atoms. The number of hydrogen-bond donors (Lipinski definition) is 2. The van der Waals surface area contributed by atoms with Gasteiger partial charge in [0.2, 0.25) is 5.88 Å². The number of carboxylic acid groups (broad SMARTS) is 1. The molecule has 7 nitrogen and oxygen atoms in total. The highest BCUT2D eigenvalue weighted by Gasteiger charge is 2.19. The van der Waals surface area contributed by atoms with Crippen LogP contribution in [0, 0.1) is 6.92 Å². The number of nitrogens with zero attached hydrogens (tertiary/aromatic N) is 3. The molecule has 0 atom stereocenters. The first-order valence-corrected chi connectivity index (χ1v) is 6.02. The third kappa shape index (κ3) is 2.71. The van der Waals surface area contributed by atoms with Crippen molar-refractivity contribution in [3.05, 3.63) is 35.2 Å². The second-order valence-electron chi connectivity index (χ2n) is 4.30. The minimum Gasteiger partial charge on any atom is -0.481 e. The Hall–Kier alpha value is -2.57. The van der Waals surface area contributed by atoms with Gasteiger partial charge in [-0.1, -0.05) is 6.07 Å². The van der Waals surface area contributed by atoms with E-state index < -0.39 is 5.97 Å². The van der Waals surface area contributed by atoms with Crippen molar-refractivity contribution in [3.63, 3.8) is 0 Å². The Balaban J connectivity index is 2.16. The van der Waals surface area contributed by atoms with E-state index in [1.54, 1.807) is 33.3 Å². The molecule has 0 saturated heterocycles. The van der Waals surface area contributed by atoms with E-state index in [1.807, 2.05) is 6.07 Å². The molecule has 7 heteroatoms. The maximum absolute atomic E-state index is 11.2. The minimum atomic E-state index is -0.994. The van der Waals surface area contributed by atoms with Crippen LogP contribution >= 0.6 is 0 Å². The van der Waals surface area contributed by atoms with E-state index in [9.17, 15) is 9.90 Å². The third-order valence-electron chi connectivity index (χ3n) is 2.90. The van der Waals surface area contributed by atoms with Crippen molar-refractivity contribution in [2.24, 2.45) is 7.05 Å². The zero-order valence-electron chi connectivity index (χ0n) is 11.5. The first-order valence-electron chi connectivity index (χ1n) is 6.02. The van der Waals surface area contributed by atoms with Gasteiger partial charge in [-0.2, -0.15) is 5.10 Å². The van der Waals surface area contributed by atoms with Gasteiger partial charge in [-0.05, 0) is 12.5 Å². The highest BCUT2D eigenvalue weighted by molar-refractivity contribution is 5.94. The van der Waals surface area contributed by atoms with Crippen LogP contribution < -0.4 is 10.1 Å². The van der Waals surface area contributed by atoms with Gasteiger partial charge in [-0.25, -0.2) is 9.78 Å². The molecular formula is C13H16N4O3. The lowest BCUT2D eigenvalue weighted by molar-refractivity contribution is 0.0697. The fraction of sp³-hybridized carbons (Fsp3) is 0.308. The number of carboxylic acids is 1. The molecule has 0 radical (unpaired) electrons. The van der Waals surface area contributed by atoms with Crippen LogP contribution in [-0.4, -0.2) is 33.0 Å². The Morgan fingerprint density at radius 1 is 1.50 bits per heavy atom. The largest absolute Gasteiger partial charge is 0.481 e. The van der Waals surface area contributed by atoms with E-state index >= 15 is 0 Å². The first kappa shape index (κ1) is 13.9. The summed E-state index contributed by atoms with van der Waals surface area (Å²) < 4.78 is 6.51. The molecule has 2 heterocycles. The smallest absolute Gasteiger partial charge is 0.341 e. The number of aromatic nitrogens is 3. The molecule has 2 N–H and O–H groups in total. The average Bonchev–Trinajstić information content (AvgIpc) is 2.71. The molecule has 0 amide bonds. The van der Waals surface area contributed by atoms with E-state index in [1.165, 1.54) is 4.68 Å². The van der Waals surface area contributed by atoms with Crippen molar-refractivity contribution in [1.82, 2.24) is 14.8 Å². The highest BCUT2D eigenvalue weighted by atomic mass is 16.5. The zero-order valence-corrected chi connectivity index (χ0v) is 11.5. The second-order valence-corrected chi connectivity index (χ2v) is 4.30. The normalized spacial score (nSPS) is 10.3. The Morgan fingerprint density at radius 2 is 2.25 bits per heavy atom. The second kappa shape index (κ2) is 5.60. The van der Waals surface area contributed by atoms with Crippen molar-refractivity contribution in [3.8, 4) is 5.88 Å². The number of carbonyl (C=O) groups is 1. The van der Waals surface area contributed by atoms with Crippen molar-refractivity contribution >= 4 is 11.8 Å². The average molecular weight is 276 g/mol. The molecule has 0 fully saturated rings. The Labute approximate surface area is 116 Å². The van der Waals surface area contributed by atoms with Crippen molar-refractivity contribution < 1.29 is 14.6 Å². The fourth-order valence-corrected chi connectivity index (χ4v) is 1.94. The summed E-state index contributed by atoms with van der Waals surface area (Å²) in [5, 5.41) is 16.4. The van der Waals surface area contributed by atoms with Crippen LogP contribution in [-0.2, 0) is 13.6 Å². The molecule has 2 aromatic heterocycles. The lowest BCUT2D eigenvalue weighted by Crippen LogP contribution is -2.09. The zero-order chi connectivity index (χ0) is 14.7. The van der Waals surface area contributed by atoms with Crippen molar-refractivity contribution in [1.29, 1.82) is 0 Å². The summed E-state index contributed by atoms with van der Waals surface area (Å²) in [4.78, 5) is 15.3. The SMILES string of the molecule is COc1ccc(CNc2c(C(=O)O)c(C)nn2C)cn1. The topological polar surface area (TPSA) is 89.3 Å². The molecule has 20 heavy (non-hydrogen) atoms. The van der Waals surface area contributed by atoms with Gasteiger partial charge in [0.25, 0.3) is 0 Å².